The van der Waals surface area contributed by atoms with Gasteiger partial charge >= 0.3 is 0 Å². The molecule has 0 spiro atoms. The zero-order valence-corrected chi connectivity index (χ0v) is 15.7. The highest BCUT2D eigenvalue weighted by Gasteiger charge is 2.22. The van der Waals surface area contributed by atoms with Gasteiger partial charge in [0.05, 0.1) is 29.2 Å². The van der Waals surface area contributed by atoms with Crippen LogP contribution in [0, 0.1) is 0 Å². The van der Waals surface area contributed by atoms with Gasteiger partial charge in [-0.3, -0.25) is 4.68 Å². The fourth-order valence-electron chi connectivity index (χ4n) is 3.81. The standard InChI is InChI=1S/C20H22N8/c1-26-13-17(10-23-26)27-9-5-6-15(12-27)25-19-18-11-24-28(20(18)22-14-21-19)16-7-3-2-4-8-16/h2-4,7-8,10-11,13-15H,5-6,9,12H2,1H3,(H,21,22,25). The Morgan fingerprint density at radius 3 is 2.75 bits per heavy atom. The molecule has 142 valence electrons. The van der Waals surface area contributed by atoms with Gasteiger partial charge in [-0.2, -0.15) is 10.2 Å². The van der Waals surface area contributed by atoms with E-state index in [2.05, 4.69) is 36.6 Å². The first-order valence-corrected chi connectivity index (χ1v) is 9.52. The maximum atomic E-state index is 4.54. The second-order valence-electron chi connectivity index (χ2n) is 7.15. The molecule has 4 heterocycles. The maximum absolute atomic E-state index is 4.54. The summed E-state index contributed by atoms with van der Waals surface area (Å²) in [6, 6.07) is 10.3. The number of hydrogen-bond acceptors (Lipinski definition) is 6. The molecule has 8 nitrogen and oxygen atoms in total. The van der Waals surface area contributed by atoms with E-state index in [0.717, 1.165) is 48.5 Å². The lowest BCUT2D eigenvalue weighted by atomic mass is 10.1. The van der Waals surface area contributed by atoms with Crippen LogP contribution in [0.1, 0.15) is 12.8 Å². The minimum absolute atomic E-state index is 0.312. The van der Waals surface area contributed by atoms with E-state index >= 15 is 0 Å². The lowest BCUT2D eigenvalue weighted by Crippen LogP contribution is -2.42. The third kappa shape index (κ3) is 3.06. The van der Waals surface area contributed by atoms with E-state index < -0.39 is 0 Å². The van der Waals surface area contributed by atoms with Crippen LogP contribution in [0.2, 0.25) is 0 Å². The summed E-state index contributed by atoms with van der Waals surface area (Å²) in [6.07, 6.45) is 9.67. The third-order valence-electron chi connectivity index (χ3n) is 5.19. The van der Waals surface area contributed by atoms with Crippen LogP contribution in [0.3, 0.4) is 0 Å². The Morgan fingerprint density at radius 2 is 1.93 bits per heavy atom. The highest BCUT2D eigenvalue weighted by molar-refractivity contribution is 5.87. The van der Waals surface area contributed by atoms with Crippen LogP contribution in [0.15, 0.2) is 55.2 Å². The lowest BCUT2D eigenvalue weighted by molar-refractivity contribution is 0.529. The molecule has 0 radical (unpaired) electrons. The predicted octanol–water partition coefficient (Wildman–Crippen LogP) is 2.63. The van der Waals surface area contributed by atoms with Crippen LogP contribution >= 0.6 is 0 Å². The number of aromatic nitrogens is 6. The Kier molecular flexibility index (Phi) is 4.16. The number of benzene rings is 1. The zero-order chi connectivity index (χ0) is 18.9. The number of nitrogens with zero attached hydrogens (tertiary/aromatic N) is 7. The van der Waals surface area contributed by atoms with E-state index in [4.69, 9.17) is 0 Å². The lowest BCUT2D eigenvalue weighted by Gasteiger charge is -2.34. The largest absolute Gasteiger partial charge is 0.367 e. The molecule has 1 saturated heterocycles. The van der Waals surface area contributed by atoms with Crippen molar-refractivity contribution in [2.24, 2.45) is 7.05 Å². The molecule has 0 bridgehead atoms. The van der Waals surface area contributed by atoms with E-state index in [0.29, 0.717) is 6.04 Å². The van der Waals surface area contributed by atoms with Crippen molar-refractivity contribution >= 4 is 22.5 Å². The van der Waals surface area contributed by atoms with E-state index in [1.165, 1.54) is 5.69 Å². The van der Waals surface area contributed by atoms with Crippen LogP contribution < -0.4 is 10.2 Å². The number of aryl methyl sites for hydroxylation is 1. The van der Waals surface area contributed by atoms with Crippen molar-refractivity contribution in [3.05, 3.63) is 55.2 Å². The molecule has 1 unspecified atom stereocenters. The highest BCUT2D eigenvalue weighted by Crippen LogP contribution is 2.25. The van der Waals surface area contributed by atoms with Crippen molar-refractivity contribution in [2.75, 3.05) is 23.3 Å². The Hall–Kier alpha value is -3.42. The van der Waals surface area contributed by atoms with Crippen molar-refractivity contribution in [1.29, 1.82) is 0 Å². The van der Waals surface area contributed by atoms with Crippen molar-refractivity contribution < 1.29 is 0 Å². The number of rotatable bonds is 4. The van der Waals surface area contributed by atoms with E-state index in [9.17, 15) is 0 Å². The molecular formula is C20H22N8. The summed E-state index contributed by atoms with van der Waals surface area (Å²) < 4.78 is 3.70. The molecule has 1 aliphatic rings. The second kappa shape index (κ2) is 6.95. The van der Waals surface area contributed by atoms with E-state index in [1.807, 2.05) is 59.1 Å². The summed E-state index contributed by atoms with van der Waals surface area (Å²) in [7, 11) is 1.95. The minimum Gasteiger partial charge on any atom is -0.367 e. The van der Waals surface area contributed by atoms with E-state index in [-0.39, 0.29) is 0 Å². The van der Waals surface area contributed by atoms with Gasteiger partial charge in [-0.05, 0) is 25.0 Å². The van der Waals surface area contributed by atoms with Gasteiger partial charge in [-0.1, -0.05) is 18.2 Å². The molecule has 0 aliphatic carbocycles. The van der Waals surface area contributed by atoms with Crippen LogP contribution in [-0.4, -0.2) is 48.7 Å². The van der Waals surface area contributed by atoms with Crippen molar-refractivity contribution in [3.63, 3.8) is 0 Å². The fraction of sp³-hybridized carbons (Fsp3) is 0.300. The van der Waals surface area contributed by atoms with Gasteiger partial charge in [0.1, 0.15) is 12.1 Å². The molecule has 5 rings (SSSR count). The molecule has 8 heteroatoms. The second-order valence-corrected chi connectivity index (χ2v) is 7.15. The van der Waals surface area contributed by atoms with Gasteiger partial charge in [-0.25, -0.2) is 14.6 Å². The molecule has 1 aromatic carbocycles. The number of para-hydroxylation sites is 1. The number of anilines is 2. The quantitative estimate of drug-likeness (QED) is 0.592. The van der Waals surface area contributed by atoms with Crippen LogP contribution in [0.5, 0.6) is 0 Å². The Morgan fingerprint density at radius 1 is 1.04 bits per heavy atom. The first-order chi connectivity index (χ1) is 13.8. The fourth-order valence-corrected chi connectivity index (χ4v) is 3.81. The Bertz CT molecular complexity index is 1080. The zero-order valence-electron chi connectivity index (χ0n) is 15.7. The summed E-state index contributed by atoms with van der Waals surface area (Å²) in [6.45, 7) is 1.97. The molecule has 1 N–H and O–H groups in total. The molecule has 0 saturated carbocycles. The summed E-state index contributed by atoms with van der Waals surface area (Å²) in [5.41, 5.74) is 2.96. The molecule has 28 heavy (non-hydrogen) atoms. The number of hydrogen-bond donors (Lipinski definition) is 1. The topological polar surface area (TPSA) is 76.7 Å². The number of nitrogens with one attached hydrogen (secondary N) is 1. The average Bonchev–Trinajstić information content (AvgIpc) is 3.36. The molecule has 4 aromatic rings. The highest BCUT2D eigenvalue weighted by atomic mass is 15.3. The number of piperidine rings is 1. The molecule has 1 aliphatic heterocycles. The maximum Gasteiger partial charge on any atom is 0.168 e. The third-order valence-corrected chi connectivity index (χ3v) is 5.19. The van der Waals surface area contributed by atoms with Crippen molar-refractivity contribution in [2.45, 2.75) is 18.9 Å². The number of fused-ring (bicyclic) bond motifs is 1. The van der Waals surface area contributed by atoms with Crippen LogP contribution in [0.4, 0.5) is 11.5 Å². The monoisotopic (exact) mass is 374 g/mol. The van der Waals surface area contributed by atoms with Crippen LogP contribution in [-0.2, 0) is 7.05 Å². The van der Waals surface area contributed by atoms with Gasteiger partial charge in [0.2, 0.25) is 0 Å². The Balaban J connectivity index is 1.40. The summed E-state index contributed by atoms with van der Waals surface area (Å²) in [5.74, 6) is 0.838. The SMILES string of the molecule is Cn1cc(N2CCCC(Nc3ncnc4c3cnn4-c3ccccc3)C2)cn1. The minimum atomic E-state index is 0.312. The summed E-state index contributed by atoms with van der Waals surface area (Å²) >= 11 is 0. The first kappa shape index (κ1) is 16.7. The molecule has 1 atom stereocenters. The van der Waals surface area contributed by atoms with Crippen LogP contribution in [0.25, 0.3) is 16.7 Å². The summed E-state index contributed by atoms with van der Waals surface area (Å²) in [5, 5.41) is 13.4. The van der Waals surface area contributed by atoms with Gasteiger partial charge in [0.15, 0.2) is 5.65 Å². The molecule has 3 aromatic heterocycles. The van der Waals surface area contributed by atoms with E-state index in [1.54, 1.807) is 6.33 Å². The van der Waals surface area contributed by atoms with Gasteiger partial charge in [0, 0.05) is 32.4 Å². The summed E-state index contributed by atoms with van der Waals surface area (Å²) in [4.78, 5) is 11.3. The Labute approximate surface area is 162 Å². The first-order valence-electron chi connectivity index (χ1n) is 9.52. The van der Waals surface area contributed by atoms with Crippen molar-refractivity contribution in [3.8, 4) is 5.69 Å². The molecule has 1 fully saturated rings. The van der Waals surface area contributed by atoms with Crippen molar-refractivity contribution in [1.82, 2.24) is 29.5 Å². The predicted molar refractivity (Wildman–Crippen MR) is 109 cm³/mol. The van der Waals surface area contributed by atoms with Gasteiger partial charge in [0.25, 0.3) is 0 Å². The average molecular weight is 374 g/mol. The normalized spacial score (nSPS) is 17.2. The van der Waals surface area contributed by atoms with Gasteiger partial charge < -0.3 is 10.2 Å². The molecule has 0 amide bonds. The molecular weight excluding hydrogens is 352 g/mol. The van der Waals surface area contributed by atoms with Gasteiger partial charge in [-0.15, -0.1) is 0 Å². The smallest absolute Gasteiger partial charge is 0.168 e.